The molecule has 1 radical (unpaired) electrons. The topological polar surface area (TPSA) is 12.9 Å². The highest BCUT2D eigenvalue weighted by molar-refractivity contribution is 6.35. The van der Waals surface area contributed by atoms with E-state index in [4.69, 9.17) is 23.2 Å². The Labute approximate surface area is 92.3 Å². The number of pyridine rings is 1. The van der Waals surface area contributed by atoms with Crippen LogP contribution in [0.2, 0.25) is 10.0 Å². The van der Waals surface area contributed by atoms with Crippen LogP contribution in [0.1, 0.15) is 0 Å². The molecule has 0 atom stereocenters. The van der Waals surface area contributed by atoms with E-state index in [1.165, 1.54) is 0 Å². The van der Waals surface area contributed by atoms with E-state index in [9.17, 15) is 0 Å². The second kappa shape index (κ2) is 3.99. The average Bonchev–Trinajstić information content (AvgIpc) is 2.18. The zero-order chi connectivity index (χ0) is 9.97. The van der Waals surface area contributed by atoms with Crippen molar-refractivity contribution < 1.29 is 0 Å². The van der Waals surface area contributed by atoms with Gasteiger partial charge in [0, 0.05) is 21.8 Å². The number of hydrogen-bond donors (Lipinski definition) is 0. The summed E-state index contributed by atoms with van der Waals surface area (Å²) in [6.45, 7) is 0. The molecule has 0 amide bonds. The Kier molecular flexibility index (Phi) is 2.71. The molecule has 1 nitrogen and oxygen atoms in total. The van der Waals surface area contributed by atoms with Crippen LogP contribution in [0.25, 0.3) is 11.3 Å². The molecule has 0 fully saturated rings. The van der Waals surface area contributed by atoms with Gasteiger partial charge in [0.15, 0.2) is 0 Å². The van der Waals surface area contributed by atoms with Gasteiger partial charge < -0.3 is 0 Å². The molecule has 2 aromatic rings. The number of benzene rings is 1. The van der Waals surface area contributed by atoms with Gasteiger partial charge in [0.05, 0.1) is 5.69 Å². The van der Waals surface area contributed by atoms with Gasteiger partial charge in [-0.2, -0.15) is 0 Å². The van der Waals surface area contributed by atoms with Crippen molar-refractivity contribution in [3.05, 3.63) is 52.6 Å². The summed E-state index contributed by atoms with van der Waals surface area (Å²) in [5.41, 5.74) is 1.72. The number of halogens is 2. The van der Waals surface area contributed by atoms with Crippen molar-refractivity contribution in [2.24, 2.45) is 0 Å². The predicted octanol–water partition coefficient (Wildman–Crippen LogP) is 3.86. The van der Waals surface area contributed by atoms with E-state index < -0.39 is 0 Å². The summed E-state index contributed by atoms with van der Waals surface area (Å²) in [6.07, 6.45) is 1.68. The first kappa shape index (κ1) is 9.50. The van der Waals surface area contributed by atoms with Gasteiger partial charge in [0.25, 0.3) is 0 Å². The van der Waals surface area contributed by atoms with Crippen LogP contribution in [0, 0.1) is 6.07 Å². The monoisotopic (exact) mass is 222 g/mol. The van der Waals surface area contributed by atoms with Crippen molar-refractivity contribution in [2.45, 2.75) is 0 Å². The molecule has 1 aromatic carbocycles. The van der Waals surface area contributed by atoms with Crippen LogP contribution in [0.5, 0.6) is 0 Å². The maximum atomic E-state index is 5.88. The molecule has 14 heavy (non-hydrogen) atoms. The molecule has 0 aliphatic carbocycles. The summed E-state index contributed by atoms with van der Waals surface area (Å²) < 4.78 is 0. The van der Waals surface area contributed by atoms with E-state index in [-0.39, 0.29) is 0 Å². The van der Waals surface area contributed by atoms with Crippen LogP contribution >= 0.6 is 23.2 Å². The van der Waals surface area contributed by atoms with Gasteiger partial charge in [-0.1, -0.05) is 23.2 Å². The first-order valence-corrected chi connectivity index (χ1v) is 4.80. The zero-order valence-corrected chi connectivity index (χ0v) is 8.68. The Morgan fingerprint density at radius 3 is 2.36 bits per heavy atom. The molecule has 69 valence electrons. The van der Waals surface area contributed by atoms with Crippen molar-refractivity contribution in [1.29, 1.82) is 0 Å². The van der Waals surface area contributed by atoms with Crippen molar-refractivity contribution in [2.75, 3.05) is 0 Å². The molecule has 0 aliphatic rings. The normalized spacial score (nSPS) is 10.1. The first-order chi connectivity index (χ1) is 6.75. The molecule has 3 heteroatoms. The third-order valence-electron chi connectivity index (χ3n) is 1.76. The summed E-state index contributed by atoms with van der Waals surface area (Å²) in [5.74, 6) is 0. The molecule has 1 aromatic heterocycles. The number of nitrogens with zero attached hydrogens (tertiary/aromatic N) is 1. The number of rotatable bonds is 1. The molecule has 0 saturated heterocycles. The molecular weight excluding hydrogens is 217 g/mol. The third-order valence-corrected chi connectivity index (χ3v) is 2.20. The molecule has 0 unspecified atom stereocenters. The molecule has 0 bridgehead atoms. The van der Waals surface area contributed by atoms with Gasteiger partial charge in [0.1, 0.15) is 0 Å². The van der Waals surface area contributed by atoms with Crippen LogP contribution in [0.3, 0.4) is 0 Å². The lowest BCUT2D eigenvalue weighted by Crippen LogP contribution is -1.81. The van der Waals surface area contributed by atoms with Gasteiger partial charge in [-0.3, -0.25) is 4.98 Å². The Morgan fingerprint density at radius 1 is 1.07 bits per heavy atom. The smallest absolute Gasteiger partial charge is 0.0709 e. The van der Waals surface area contributed by atoms with E-state index in [2.05, 4.69) is 11.1 Å². The standard InChI is InChI=1S/C11H6Cl2N/c12-9-5-8(6-10(13)7-9)11-3-1-2-4-14-11/h2-7H. The Hall–Kier alpha value is -1.05. The number of hydrogen-bond acceptors (Lipinski definition) is 1. The van der Waals surface area contributed by atoms with E-state index >= 15 is 0 Å². The summed E-state index contributed by atoms with van der Waals surface area (Å²) in [5, 5.41) is 1.22. The van der Waals surface area contributed by atoms with E-state index in [0.29, 0.717) is 10.0 Å². The van der Waals surface area contributed by atoms with Crippen molar-refractivity contribution in [3.63, 3.8) is 0 Å². The second-order valence-electron chi connectivity index (χ2n) is 2.80. The second-order valence-corrected chi connectivity index (χ2v) is 3.67. The fraction of sp³-hybridized carbons (Fsp3) is 0. The molecule has 0 saturated carbocycles. The van der Waals surface area contributed by atoms with Gasteiger partial charge >= 0.3 is 0 Å². The SMILES string of the molecule is Clc1cc(Cl)cc(-c2c[c]ccn2)c1. The third kappa shape index (κ3) is 2.06. The molecule has 0 spiro atoms. The number of aromatic nitrogens is 1. The lowest BCUT2D eigenvalue weighted by Gasteiger charge is -2.01. The fourth-order valence-corrected chi connectivity index (χ4v) is 1.71. The van der Waals surface area contributed by atoms with Crippen LogP contribution in [-0.2, 0) is 0 Å². The minimum absolute atomic E-state index is 0.609. The molecule has 0 N–H and O–H groups in total. The van der Waals surface area contributed by atoms with Gasteiger partial charge in [-0.15, -0.1) is 0 Å². The molecule has 0 aliphatic heterocycles. The van der Waals surface area contributed by atoms with E-state index in [1.807, 2.05) is 12.1 Å². The summed E-state index contributed by atoms with van der Waals surface area (Å²) in [7, 11) is 0. The Bertz CT molecular complexity index is 420. The maximum absolute atomic E-state index is 5.88. The summed E-state index contributed by atoms with van der Waals surface area (Å²) in [6, 6.07) is 11.8. The van der Waals surface area contributed by atoms with Gasteiger partial charge in [0.2, 0.25) is 0 Å². The van der Waals surface area contributed by atoms with Crippen molar-refractivity contribution >= 4 is 23.2 Å². The van der Waals surface area contributed by atoms with Gasteiger partial charge in [-0.25, -0.2) is 0 Å². The highest BCUT2D eigenvalue weighted by Gasteiger charge is 2.01. The largest absolute Gasteiger partial charge is 0.256 e. The average molecular weight is 223 g/mol. The van der Waals surface area contributed by atoms with Crippen LogP contribution in [0.4, 0.5) is 0 Å². The van der Waals surface area contributed by atoms with Crippen LogP contribution < -0.4 is 0 Å². The van der Waals surface area contributed by atoms with Crippen molar-refractivity contribution in [3.8, 4) is 11.3 Å². The van der Waals surface area contributed by atoms with E-state index in [1.54, 1.807) is 24.4 Å². The first-order valence-electron chi connectivity index (χ1n) is 4.04. The maximum Gasteiger partial charge on any atom is 0.0709 e. The van der Waals surface area contributed by atoms with Crippen molar-refractivity contribution in [1.82, 2.24) is 4.98 Å². The summed E-state index contributed by atoms with van der Waals surface area (Å²) in [4.78, 5) is 4.18. The molecular formula is C11H6Cl2N. The Morgan fingerprint density at radius 2 is 1.79 bits per heavy atom. The lowest BCUT2D eigenvalue weighted by atomic mass is 10.1. The highest BCUT2D eigenvalue weighted by Crippen LogP contribution is 2.25. The minimum atomic E-state index is 0.609. The zero-order valence-electron chi connectivity index (χ0n) is 7.17. The Balaban J connectivity index is 2.52. The highest BCUT2D eigenvalue weighted by atomic mass is 35.5. The quantitative estimate of drug-likeness (QED) is 0.715. The summed E-state index contributed by atoms with van der Waals surface area (Å²) >= 11 is 11.8. The molecule has 2 rings (SSSR count). The van der Waals surface area contributed by atoms with Crippen LogP contribution in [0.15, 0.2) is 36.5 Å². The van der Waals surface area contributed by atoms with E-state index in [0.717, 1.165) is 11.3 Å². The minimum Gasteiger partial charge on any atom is -0.256 e. The van der Waals surface area contributed by atoms with Gasteiger partial charge in [-0.05, 0) is 36.4 Å². The van der Waals surface area contributed by atoms with Crippen LogP contribution in [-0.4, -0.2) is 4.98 Å². The molecule has 1 heterocycles. The fourth-order valence-electron chi connectivity index (χ4n) is 1.18. The predicted molar refractivity (Wildman–Crippen MR) is 58.5 cm³/mol. The lowest BCUT2D eigenvalue weighted by molar-refractivity contribution is 1.32.